The Bertz CT molecular complexity index is 705. The van der Waals surface area contributed by atoms with Crippen molar-refractivity contribution in [2.45, 2.75) is 4.90 Å². The number of amides is 1. The molecule has 2 aromatic carbocycles. The molecule has 2 N–H and O–H groups in total. The molecule has 2 rings (SSSR count). The lowest BCUT2D eigenvalue weighted by molar-refractivity contribution is -0.384. The lowest BCUT2D eigenvalue weighted by Gasteiger charge is -2.08. The number of rotatable bonds is 9. The highest BCUT2D eigenvalue weighted by molar-refractivity contribution is 8.00. The average Bonchev–Trinajstić information content (AvgIpc) is 2.64. The minimum Gasteiger partial charge on any atom is -0.497 e. The van der Waals surface area contributed by atoms with Gasteiger partial charge in [-0.1, -0.05) is 0 Å². The maximum absolute atomic E-state index is 11.8. The first kappa shape index (κ1) is 18.6. The second-order valence-electron chi connectivity index (χ2n) is 5.04. The highest BCUT2D eigenvalue weighted by Crippen LogP contribution is 2.20. The summed E-state index contributed by atoms with van der Waals surface area (Å²) >= 11 is 1.45. The number of hydrogen-bond donors (Lipinski definition) is 2. The molecule has 0 radical (unpaired) electrons. The van der Waals surface area contributed by atoms with E-state index in [0.717, 1.165) is 16.3 Å². The number of hydrogen-bond acceptors (Lipinski definition) is 6. The molecule has 0 bridgehead atoms. The molecule has 25 heavy (non-hydrogen) atoms. The van der Waals surface area contributed by atoms with Gasteiger partial charge in [0.1, 0.15) is 5.75 Å². The van der Waals surface area contributed by atoms with Crippen LogP contribution in [0.15, 0.2) is 53.4 Å². The first-order valence-electron chi connectivity index (χ1n) is 7.60. The molecule has 0 aromatic heterocycles. The lowest BCUT2D eigenvalue weighted by atomic mass is 10.3. The molecule has 0 aliphatic rings. The number of nitro groups is 1. The van der Waals surface area contributed by atoms with Crippen molar-refractivity contribution in [3.8, 4) is 5.75 Å². The van der Waals surface area contributed by atoms with Crippen LogP contribution in [-0.2, 0) is 4.79 Å². The SMILES string of the molecule is COc1ccc(SCC(=O)NCCNc2ccc([N+](=O)[O-])cc2)cc1. The van der Waals surface area contributed by atoms with Crippen molar-refractivity contribution < 1.29 is 14.5 Å². The molecule has 0 fully saturated rings. The van der Waals surface area contributed by atoms with Crippen LogP contribution in [0, 0.1) is 10.1 Å². The quantitative estimate of drug-likeness (QED) is 0.309. The molecule has 0 aliphatic carbocycles. The van der Waals surface area contributed by atoms with Gasteiger partial charge in [-0.2, -0.15) is 0 Å². The molecule has 0 saturated heterocycles. The molecule has 132 valence electrons. The summed E-state index contributed by atoms with van der Waals surface area (Å²) in [5.41, 5.74) is 0.821. The molecular weight excluding hydrogens is 342 g/mol. The third-order valence-corrected chi connectivity index (χ3v) is 4.30. The predicted molar refractivity (Wildman–Crippen MR) is 98.3 cm³/mol. The standard InChI is InChI=1S/C17H19N3O4S/c1-24-15-6-8-16(9-7-15)25-12-17(21)19-11-10-18-13-2-4-14(5-3-13)20(22)23/h2-9,18H,10-12H2,1H3,(H,19,21). The van der Waals surface area contributed by atoms with Gasteiger partial charge in [0.15, 0.2) is 0 Å². The number of nitrogens with zero attached hydrogens (tertiary/aromatic N) is 1. The molecule has 0 unspecified atom stereocenters. The fourth-order valence-corrected chi connectivity index (χ4v) is 2.71. The maximum Gasteiger partial charge on any atom is 0.269 e. The molecule has 1 amide bonds. The summed E-state index contributed by atoms with van der Waals surface area (Å²) in [4.78, 5) is 22.9. The van der Waals surface area contributed by atoms with E-state index in [4.69, 9.17) is 4.74 Å². The maximum atomic E-state index is 11.8. The molecule has 0 atom stereocenters. The number of thioether (sulfide) groups is 1. The van der Waals surface area contributed by atoms with E-state index in [1.54, 1.807) is 19.2 Å². The highest BCUT2D eigenvalue weighted by atomic mass is 32.2. The zero-order chi connectivity index (χ0) is 18.1. The third-order valence-electron chi connectivity index (χ3n) is 3.28. The molecular formula is C17H19N3O4S. The van der Waals surface area contributed by atoms with Gasteiger partial charge in [0.2, 0.25) is 5.91 Å². The Morgan fingerprint density at radius 3 is 2.40 bits per heavy atom. The Morgan fingerprint density at radius 1 is 1.12 bits per heavy atom. The largest absolute Gasteiger partial charge is 0.497 e. The van der Waals surface area contributed by atoms with E-state index >= 15 is 0 Å². The summed E-state index contributed by atoms with van der Waals surface area (Å²) in [6.45, 7) is 1.01. The number of carbonyl (C=O) groups is 1. The van der Waals surface area contributed by atoms with Crippen LogP contribution in [0.5, 0.6) is 5.75 Å². The van der Waals surface area contributed by atoms with E-state index in [0.29, 0.717) is 18.8 Å². The summed E-state index contributed by atoms with van der Waals surface area (Å²) in [5.74, 6) is 1.07. The Labute approximate surface area is 149 Å². The number of nitro benzene ring substituents is 1. The van der Waals surface area contributed by atoms with Crippen LogP contribution in [0.3, 0.4) is 0 Å². The smallest absolute Gasteiger partial charge is 0.269 e. The third kappa shape index (κ3) is 6.34. The van der Waals surface area contributed by atoms with Crippen LogP contribution in [0.4, 0.5) is 11.4 Å². The van der Waals surface area contributed by atoms with E-state index in [1.165, 1.54) is 23.9 Å². The second-order valence-corrected chi connectivity index (χ2v) is 6.09. The fourth-order valence-electron chi connectivity index (χ4n) is 1.98. The monoisotopic (exact) mass is 361 g/mol. The van der Waals surface area contributed by atoms with Gasteiger partial charge in [-0.05, 0) is 36.4 Å². The van der Waals surface area contributed by atoms with E-state index in [2.05, 4.69) is 10.6 Å². The molecule has 0 aliphatic heterocycles. The van der Waals surface area contributed by atoms with E-state index in [9.17, 15) is 14.9 Å². The van der Waals surface area contributed by atoms with Crippen LogP contribution in [0.1, 0.15) is 0 Å². The van der Waals surface area contributed by atoms with Crippen molar-refractivity contribution >= 4 is 29.0 Å². The summed E-state index contributed by atoms with van der Waals surface area (Å²) in [6, 6.07) is 13.7. The summed E-state index contributed by atoms with van der Waals surface area (Å²) in [6.07, 6.45) is 0. The fraction of sp³-hybridized carbons (Fsp3) is 0.235. The summed E-state index contributed by atoms with van der Waals surface area (Å²) in [7, 11) is 1.61. The molecule has 2 aromatic rings. The Morgan fingerprint density at radius 2 is 1.80 bits per heavy atom. The molecule has 0 spiro atoms. The van der Waals surface area contributed by atoms with Crippen LogP contribution in [-0.4, -0.2) is 36.8 Å². The number of anilines is 1. The zero-order valence-electron chi connectivity index (χ0n) is 13.7. The first-order chi connectivity index (χ1) is 12.1. The topological polar surface area (TPSA) is 93.5 Å². The molecule has 0 saturated carbocycles. The second kappa shape index (κ2) is 9.53. The van der Waals surface area contributed by atoms with Crippen molar-refractivity contribution in [3.63, 3.8) is 0 Å². The van der Waals surface area contributed by atoms with Crippen LogP contribution >= 0.6 is 11.8 Å². The number of methoxy groups -OCH3 is 1. The van der Waals surface area contributed by atoms with Crippen molar-refractivity contribution in [2.24, 2.45) is 0 Å². The Hall–Kier alpha value is -2.74. The van der Waals surface area contributed by atoms with Gasteiger partial charge in [0.25, 0.3) is 5.69 Å². The summed E-state index contributed by atoms with van der Waals surface area (Å²) in [5, 5.41) is 16.5. The zero-order valence-corrected chi connectivity index (χ0v) is 14.5. The minimum absolute atomic E-state index is 0.0497. The minimum atomic E-state index is -0.440. The van der Waals surface area contributed by atoms with Gasteiger partial charge in [0.05, 0.1) is 17.8 Å². The lowest BCUT2D eigenvalue weighted by Crippen LogP contribution is -2.30. The number of nitrogens with one attached hydrogen (secondary N) is 2. The van der Waals surface area contributed by atoms with Crippen molar-refractivity contribution in [1.82, 2.24) is 5.32 Å². The highest BCUT2D eigenvalue weighted by Gasteiger charge is 2.04. The van der Waals surface area contributed by atoms with E-state index in [-0.39, 0.29) is 11.6 Å². The van der Waals surface area contributed by atoms with E-state index < -0.39 is 4.92 Å². The Kier molecular flexibility index (Phi) is 7.09. The predicted octanol–water partition coefficient (Wildman–Crippen LogP) is 2.92. The van der Waals surface area contributed by atoms with Crippen molar-refractivity contribution in [2.75, 3.05) is 31.3 Å². The number of carbonyl (C=O) groups excluding carboxylic acids is 1. The normalized spacial score (nSPS) is 10.1. The van der Waals surface area contributed by atoms with Crippen LogP contribution in [0.2, 0.25) is 0 Å². The van der Waals surface area contributed by atoms with Gasteiger partial charge in [0, 0.05) is 35.8 Å². The van der Waals surface area contributed by atoms with Gasteiger partial charge < -0.3 is 15.4 Å². The van der Waals surface area contributed by atoms with Crippen molar-refractivity contribution in [3.05, 3.63) is 58.6 Å². The Balaban J connectivity index is 1.63. The summed E-state index contributed by atoms with van der Waals surface area (Å²) < 4.78 is 5.09. The molecule has 7 nitrogen and oxygen atoms in total. The molecule has 8 heteroatoms. The van der Waals surface area contributed by atoms with Crippen LogP contribution in [0.25, 0.3) is 0 Å². The van der Waals surface area contributed by atoms with Crippen LogP contribution < -0.4 is 15.4 Å². The molecule has 0 heterocycles. The average molecular weight is 361 g/mol. The van der Waals surface area contributed by atoms with Gasteiger partial charge in [-0.3, -0.25) is 14.9 Å². The number of non-ortho nitro benzene ring substituents is 1. The van der Waals surface area contributed by atoms with Crippen molar-refractivity contribution in [1.29, 1.82) is 0 Å². The first-order valence-corrected chi connectivity index (χ1v) is 8.59. The number of ether oxygens (including phenoxy) is 1. The van der Waals surface area contributed by atoms with Gasteiger partial charge in [-0.15, -0.1) is 11.8 Å². The van der Waals surface area contributed by atoms with Gasteiger partial charge in [-0.25, -0.2) is 0 Å². The number of benzene rings is 2. The van der Waals surface area contributed by atoms with Gasteiger partial charge >= 0.3 is 0 Å². The van der Waals surface area contributed by atoms with E-state index in [1.807, 2.05) is 24.3 Å².